The van der Waals surface area contributed by atoms with Gasteiger partial charge in [0.05, 0.1) is 12.7 Å². The fraction of sp³-hybridized carbons (Fsp3) is 0.909. The van der Waals surface area contributed by atoms with E-state index < -0.39 is 0 Å². The van der Waals surface area contributed by atoms with Gasteiger partial charge in [0.1, 0.15) is 6.04 Å². The van der Waals surface area contributed by atoms with Crippen LogP contribution in [-0.2, 0) is 9.53 Å². The topological polar surface area (TPSA) is 64.3 Å². The van der Waals surface area contributed by atoms with E-state index in [-0.39, 0.29) is 18.1 Å². The van der Waals surface area contributed by atoms with Crippen molar-refractivity contribution in [3.63, 3.8) is 0 Å². The molecule has 0 aliphatic heterocycles. The fourth-order valence-corrected chi connectivity index (χ4v) is 1.31. The van der Waals surface area contributed by atoms with Crippen LogP contribution in [0.15, 0.2) is 0 Å². The van der Waals surface area contributed by atoms with Crippen molar-refractivity contribution in [2.45, 2.75) is 52.2 Å². The van der Waals surface area contributed by atoms with Gasteiger partial charge in [-0.05, 0) is 26.3 Å². The van der Waals surface area contributed by atoms with Crippen LogP contribution in [0.3, 0.4) is 0 Å². The number of nitrogens with two attached hydrogens (primary N) is 1. The molecule has 0 rings (SSSR count). The molecule has 0 saturated heterocycles. The van der Waals surface area contributed by atoms with Crippen LogP contribution in [0.4, 0.5) is 0 Å². The van der Waals surface area contributed by atoms with Crippen LogP contribution in [0, 0.1) is 0 Å². The molecule has 15 heavy (non-hydrogen) atoms. The van der Waals surface area contributed by atoms with Gasteiger partial charge in [-0.15, -0.1) is 0 Å². The zero-order chi connectivity index (χ0) is 11.7. The Morgan fingerprint density at radius 3 is 2.53 bits per heavy atom. The van der Waals surface area contributed by atoms with Crippen molar-refractivity contribution in [2.75, 3.05) is 13.2 Å². The van der Waals surface area contributed by atoms with Gasteiger partial charge in [-0.3, -0.25) is 4.79 Å². The molecule has 4 nitrogen and oxygen atoms in total. The molecule has 0 aromatic heterocycles. The van der Waals surface area contributed by atoms with Crippen molar-refractivity contribution >= 4 is 5.91 Å². The highest BCUT2D eigenvalue weighted by Crippen LogP contribution is 2.01. The monoisotopic (exact) mass is 216 g/mol. The molecule has 0 heterocycles. The second-order valence-electron chi connectivity index (χ2n) is 3.84. The van der Waals surface area contributed by atoms with Gasteiger partial charge in [0.15, 0.2) is 0 Å². The Labute approximate surface area is 92.6 Å². The molecule has 0 bridgehead atoms. The molecular formula is C11H24N2O2. The standard InChI is InChI=1S/C11H24N2O2/c1-4-6-9(3)15-8-10(11(12)14)13-7-5-2/h9-10,13H,4-8H2,1-3H3,(H2,12,14). The van der Waals surface area contributed by atoms with Crippen LogP contribution >= 0.6 is 0 Å². The molecule has 0 saturated carbocycles. The highest BCUT2D eigenvalue weighted by molar-refractivity contribution is 5.79. The highest BCUT2D eigenvalue weighted by atomic mass is 16.5. The zero-order valence-electron chi connectivity index (χ0n) is 10.1. The predicted molar refractivity (Wildman–Crippen MR) is 61.6 cm³/mol. The molecule has 1 amide bonds. The molecule has 2 atom stereocenters. The fourth-order valence-electron chi connectivity index (χ4n) is 1.31. The number of hydrogen-bond acceptors (Lipinski definition) is 3. The van der Waals surface area contributed by atoms with Crippen LogP contribution in [-0.4, -0.2) is 31.2 Å². The number of amides is 1. The summed E-state index contributed by atoms with van der Waals surface area (Å²) in [7, 11) is 0. The Morgan fingerprint density at radius 1 is 1.40 bits per heavy atom. The normalized spacial score (nSPS) is 14.9. The van der Waals surface area contributed by atoms with Crippen LogP contribution < -0.4 is 11.1 Å². The third kappa shape index (κ3) is 7.33. The van der Waals surface area contributed by atoms with Crippen molar-refractivity contribution in [2.24, 2.45) is 5.73 Å². The number of ether oxygens (including phenoxy) is 1. The lowest BCUT2D eigenvalue weighted by Gasteiger charge is -2.18. The SMILES string of the molecule is CCCNC(COC(C)CCC)C(N)=O. The molecular weight excluding hydrogens is 192 g/mol. The Kier molecular flexibility index (Phi) is 8.33. The van der Waals surface area contributed by atoms with E-state index in [9.17, 15) is 4.79 Å². The number of carbonyl (C=O) groups excluding carboxylic acids is 1. The number of carbonyl (C=O) groups is 1. The van der Waals surface area contributed by atoms with Gasteiger partial charge in [0.2, 0.25) is 5.91 Å². The molecule has 0 aliphatic rings. The number of rotatable bonds is 9. The Morgan fingerprint density at radius 2 is 2.07 bits per heavy atom. The Bertz CT molecular complexity index is 174. The van der Waals surface area contributed by atoms with Crippen molar-refractivity contribution in [3.05, 3.63) is 0 Å². The Hall–Kier alpha value is -0.610. The maximum atomic E-state index is 11.1. The summed E-state index contributed by atoms with van der Waals surface area (Å²) in [6.45, 7) is 7.34. The minimum absolute atomic E-state index is 0.195. The third-order valence-electron chi connectivity index (χ3n) is 2.23. The van der Waals surface area contributed by atoms with Crippen LogP contribution in [0.5, 0.6) is 0 Å². The van der Waals surface area contributed by atoms with Crippen LogP contribution in [0.1, 0.15) is 40.0 Å². The molecule has 0 spiro atoms. The number of hydrogen-bond donors (Lipinski definition) is 2. The first kappa shape index (κ1) is 14.4. The lowest BCUT2D eigenvalue weighted by Crippen LogP contribution is -2.45. The maximum Gasteiger partial charge on any atom is 0.236 e. The van der Waals surface area contributed by atoms with Crippen molar-refractivity contribution in [1.82, 2.24) is 5.32 Å². The predicted octanol–water partition coefficient (Wildman–Crippen LogP) is 1.05. The first-order valence-electron chi connectivity index (χ1n) is 5.76. The van der Waals surface area contributed by atoms with Crippen molar-refractivity contribution in [3.8, 4) is 0 Å². The summed E-state index contributed by atoms with van der Waals surface area (Å²) < 4.78 is 5.54. The number of nitrogens with one attached hydrogen (secondary N) is 1. The largest absolute Gasteiger partial charge is 0.376 e. The summed E-state index contributed by atoms with van der Waals surface area (Å²) in [5, 5.41) is 3.07. The van der Waals surface area contributed by atoms with Gasteiger partial charge in [-0.1, -0.05) is 20.3 Å². The molecule has 0 radical (unpaired) electrons. The minimum Gasteiger partial charge on any atom is -0.376 e. The van der Waals surface area contributed by atoms with Gasteiger partial charge in [0.25, 0.3) is 0 Å². The second kappa shape index (κ2) is 8.68. The summed E-state index contributed by atoms with van der Waals surface area (Å²) in [4.78, 5) is 11.1. The number of primary amides is 1. The summed E-state index contributed by atoms with van der Waals surface area (Å²) in [6.07, 6.45) is 3.28. The van der Waals surface area contributed by atoms with Crippen LogP contribution in [0.25, 0.3) is 0 Å². The molecule has 4 heteroatoms. The van der Waals surface area contributed by atoms with Gasteiger partial charge in [-0.25, -0.2) is 0 Å². The van der Waals surface area contributed by atoms with E-state index >= 15 is 0 Å². The van der Waals surface area contributed by atoms with Gasteiger partial charge < -0.3 is 15.8 Å². The molecule has 90 valence electrons. The lowest BCUT2D eigenvalue weighted by molar-refractivity contribution is -0.122. The average molecular weight is 216 g/mol. The second-order valence-corrected chi connectivity index (χ2v) is 3.84. The van der Waals surface area contributed by atoms with Crippen molar-refractivity contribution in [1.29, 1.82) is 0 Å². The van der Waals surface area contributed by atoms with E-state index in [1.807, 2.05) is 13.8 Å². The lowest BCUT2D eigenvalue weighted by atomic mass is 10.2. The van der Waals surface area contributed by atoms with E-state index in [1.54, 1.807) is 0 Å². The van der Waals surface area contributed by atoms with Gasteiger partial charge >= 0.3 is 0 Å². The zero-order valence-corrected chi connectivity index (χ0v) is 10.1. The summed E-state index contributed by atoms with van der Waals surface area (Å²) in [5.41, 5.74) is 5.26. The van der Waals surface area contributed by atoms with Crippen LogP contribution in [0.2, 0.25) is 0 Å². The maximum absolute atomic E-state index is 11.1. The van der Waals surface area contributed by atoms with E-state index in [0.29, 0.717) is 6.61 Å². The molecule has 3 N–H and O–H groups in total. The first-order valence-corrected chi connectivity index (χ1v) is 5.76. The van der Waals surface area contributed by atoms with E-state index in [1.165, 1.54) is 0 Å². The van der Waals surface area contributed by atoms with Crippen molar-refractivity contribution < 1.29 is 9.53 Å². The van der Waals surface area contributed by atoms with Gasteiger partial charge in [0, 0.05) is 0 Å². The summed E-state index contributed by atoms with van der Waals surface area (Å²) >= 11 is 0. The van der Waals surface area contributed by atoms with Gasteiger partial charge in [-0.2, -0.15) is 0 Å². The molecule has 0 aromatic carbocycles. The molecule has 2 unspecified atom stereocenters. The molecule has 0 aliphatic carbocycles. The van der Waals surface area contributed by atoms with E-state index in [4.69, 9.17) is 10.5 Å². The quantitative estimate of drug-likeness (QED) is 0.605. The smallest absolute Gasteiger partial charge is 0.236 e. The first-order chi connectivity index (χ1) is 7.11. The minimum atomic E-state index is -0.357. The Balaban J connectivity index is 3.79. The van der Waals surface area contributed by atoms with E-state index in [2.05, 4.69) is 12.2 Å². The highest BCUT2D eigenvalue weighted by Gasteiger charge is 2.15. The summed E-state index contributed by atoms with van der Waals surface area (Å²) in [6, 6.07) is -0.357. The molecule has 0 fully saturated rings. The summed E-state index contributed by atoms with van der Waals surface area (Å²) in [5.74, 6) is -0.341. The molecule has 0 aromatic rings. The average Bonchev–Trinajstić information content (AvgIpc) is 2.17. The third-order valence-corrected chi connectivity index (χ3v) is 2.23. The van der Waals surface area contributed by atoms with E-state index in [0.717, 1.165) is 25.8 Å².